The summed E-state index contributed by atoms with van der Waals surface area (Å²) in [5.74, 6) is 0.862. The minimum atomic E-state index is -0.361. The van der Waals surface area contributed by atoms with Gasteiger partial charge in [0, 0.05) is 0 Å². The lowest BCUT2D eigenvalue weighted by Crippen LogP contribution is -2.01. The van der Waals surface area contributed by atoms with E-state index in [1.807, 2.05) is 18.2 Å². The van der Waals surface area contributed by atoms with Crippen LogP contribution in [0.2, 0.25) is 0 Å². The Hall–Kier alpha value is -2.12. The van der Waals surface area contributed by atoms with Crippen LogP contribution in [0.3, 0.4) is 0 Å². The Bertz CT molecular complexity index is 763. The molecule has 0 amide bonds. The van der Waals surface area contributed by atoms with Gasteiger partial charge in [-0.25, -0.2) is 0 Å². The molecule has 0 radical (unpaired) electrons. The first-order chi connectivity index (χ1) is 10.3. The van der Waals surface area contributed by atoms with Crippen molar-refractivity contribution in [1.82, 2.24) is 0 Å². The molecular weight excluding hydrogens is 256 g/mol. The number of rotatable bonds is 3. The average molecular weight is 274 g/mol. The number of fused-ring (bicyclic) bond motifs is 1. The Morgan fingerprint density at radius 1 is 0.810 bits per heavy atom. The van der Waals surface area contributed by atoms with E-state index in [1.165, 1.54) is 16.3 Å². The van der Waals surface area contributed by atoms with Crippen molar-refractivity contribution in [2.45, 2.75) is 18.4 Å². The summed E-state index contributed by atoms with van der Waals surface area (Å²) in [6.07, 6.45) is 0.720. The van der Waals surface area contributed by atoms with Gasteiger partial charge in [-0.05, 0) is 46.2 Å². The summed E-state index contributed by atoms with van der Waals surface area (Å²) in [5.41, 5.74) is 2.39. The van der Waals surface area contributed by atoms with Crippen LogP contribution in [0.5, 0.6) is 0 Å². The van der Waals surface area contributed by atoms with Crippen molar-refractivity contribution in [1.29, 1.82) is 0 Å². The molecule has 3 aromatic rings. The summed E-state index contributed by atoms with van der Waals surface area (Å²) in [5, 5.41) is 13.1. The van der Waals surface area contributed by atoms with Crippen LogP contribution in [0.15, 0.2) is 72.8 Å². The van der Waals surface area contributed by atoms with Crippen molar-refractivity contribution >= 4 is 10.8 Å². The molecule has 1 aliphatic carbocycles. The average Bonchev–Trinajstić information content (AvgIpc) is 3.35. The first-order valence-corrected chi connectivity index (χ1v) is 7.54. The number of hydrogen-bond donors (Lipinski definition) is 1. The van der Waals surface area contributed by atoms with Crippen molar-refractivity contribution < 1.29 is 5.11 Å². The number of aliphatic hydroxyl groups is 1. The molecular formula is C20H18O. The molecule has 1 heteroatoms. The zero-order valence-corrected chi connectivity index (χ0v) is 11.8. The van der Waals surface area contributed by atoms with Crippen molar-refractivity contribution in [3.63, 3.8) is 0 Å². The van der Waals surface area contributed by atoms with Crippen molar-refractivity contribution in [2.24, 2.45) is 5.92 Å². The maximum atomic E-state index is 10.7. The SMILES string of the molecule is OC(c1ccc2ccccc2c1)C1CC1c1ccccc1. The predicted molar refractivity (Wildman–Crippen MR) is 86.2 cm³/mol. The van der Waals surface area contributed by atoms with Crippen LogP contribution < -0.4 is 0 Å². The molecule has 0 saturated heterocycles. The lowest BCUT2D eigenvalue weighted by molar-refractivity contribution is 0.151. The molecule has 0 bridgehead atoms. The molecule has 4 rings (SSSR count). The molecule has 1 aliphatic rings. The highest BCUT2D eigenvalue weighted by Gasteiger charge is 2.43. The van der Waals surface area contributed by atoms with Gasteiger partial charge in [0.25, 0.3) is 0 Å². The Labute approximate surface area is 124 Å². The summed E-state index contributed by atoms with van der Waals surface area (Å²) in [7, 11) is 0. The molecule has 3 aromatic carbocycles. The molecule has 0 aromatic heterocycles. The van der Waals surface area contributed by atoms with Gasteiger partial charge in [0.2, 0.25) is 0 Å². The minimum Gasteiger partial charge on any atom is -0.388 e. The Kier molecular flexibility index (Phi) is 3.01. The second-order valence-corrected chi connectivity index (χ2v) is 5.97. The first kappa shape index (κ1) is 12.6. The van der Waals surface area contributed by atoms with E-state index < -0.39 is 0 Å². The predicted octanol–water partition coefficient (Wildman–Crippen LogP) is 4.68. The molecule has 104 valence electrons. The second kappa shape index (κ2) is 5.01. The van der Waals surface area contributed by atoms with Crippen LogP contribution in [0.4, 0.5) is 0 Å². The molecule has 0 spiro atoms. The maximum absolute atomic E-state index is 10.7. The standard InChI is InChI=1S/C20H18O/c21-20(19-13-18(19)15-7-2-1-3-8-15)17-11-10-14-6-4-5-9-16(14)12-17/h1-12,18-21H,13H2. The highest BCUT2D eigenvalue weighted by atomic mass is 16.3. The Morgan fingerprint density at radius 3 is 2.33 bits per heavy atom. The Morgan fingerprint density at radius 2 is 1.52 bits per heavy atom. The van der Waals surface area contributed by atoms with Gasteiger partial charge in [0.1, 0.15) is 0 Å². The molecule has 1 saturated carbocycles. The third-order valence-corrected chi connectivity index (χ3v) is 4.59. The number of benzene rings is 3. The van der Waals surface area contributed by atoms with Gasteiger partial charge in [-0.2, -0.15) is 0 Å². The van der Waals surface area contributed by atoms with Gasteiger partial charge in [-0.3, -0.25) is 0 Å². The molecule has 0 aliphatic heterocycles. The summed E-state index contributed by atoms with van der Waals surface area (Å²) < 4.78 is 0. The quantitative estimate of drug-likeness (QED) is 0.735. The fraction of sp³-hybridized carbons (Fsp3) is 0.200. The van der Waals surface area contributed by atoms with Crippen LogP contribution in [0.1, 0.15) is 29.6 Å². The van der Waals surface area contributed by atoms with Crippen molar-refractivity contribution in [3.05, 3.63) is 83.9 Å². The number of hydrogen-bond acceptors (Lipinski definition) is 1. The van der Waals surface area contributed by atoms with E-state index in [2.05, 4.69) is 54.6 Å². The summed E-state index contributed by atoms with van der Waals surface area (Å²) in [6, 6.07) is 25.1. The van der Waals surface area contributed by atoms with Gasteiger partial charge in [-0.15, -0.1) is 0 Å². The van der Waals surface area contributed by atoms with E-state index in [1.54, 1.807) is 0 Å². The second-order valence-electron chi connectivity index (χ2n) is 5.97. The van der Waals surface area contributed by atoms with Crippen LogP contribution >= 0.6 is 0 Å². The van der Waals surface area contributed by atoms with E-state index in [4.69, 9.17) is 0 Å². The van der Waals surface area contributed by atoms with Gasteiger partial charge >= 0.3 is 0 Å². The van der Waals surface area contributed by atoms with Crippen LogP contribution in [-0.2, 0) is 0 Å². The monoisotopic (exact) mass is 274 g/mol. The van der Waals surface area contributed by atoms with E-state index in [9.17, 15) is 5.11 Å². The highest BCUT2D eigenvalue weighted by Crippen LogP contribution is 2.54. The lowest BCUT2D eigenvalue weighted by Gasteiger charge is -2.12. The zero-order valence-electron chi connectivity index (χ0n) is 11.8. The third kappa shape index (κ3) is 2.34. The van der Waals surface area contributed by atoms with E-state index in [0.29, 0.717) is 11.8 Å². The molecule has 1 nitrogen and oxygen atoms in total. The molecule has 21 heavy (non-hydrogen) atoms. The maximum Gasteiger partial charge on any atom is 0.0824 e. The largest absolute Gasteiger partial charge is 0.388 e. The molecule has 1 fully saturated rings. The molecule has 3 unspecified atom stereocenters. The Balaban J connectivity index is 1.58. The van der Waals surface area contributed by atoms with Gasteiger partial charge in [-0.1, -0.05) is 66.7 Å². The molecule has 1 N–H and O–H groups in total. The van der Waals surface area contributed by atoms with Crippen LogP contribution in [0.25, 0.3) is 10.8 Å². The third-order valence-electron chi connectivity index (χ3n) is 4.59. The molecule has 0 heterocycles. The smallest absolute Gasteiger partial charge is 0.0824 e. The first-order valence-electron chi connectivity index (χ1n) is 7.54. The minimum absolute atomic E-state index is 0.355. The fourth-order valence-corrected chi connectivity index (χ4v) is 3.29. The normalized spacial score (nSPS) is 22.1. The van der Waals surface area contributed by atoms with E-state index >= 15 is 0 Å². The van der Waals surface area contributed by atoms with Gasteiger partial charge in [0.05, 0.1) is 6.10 Å². The topological polar surface area (TPSA) is 20.2 Å². The summed E-state index contributed by atoms with van der Waals surface area (Å²) in [4.78, 5) is 0. The summed E-state index contributed by atoms with van der Waals surface area (Å²) in [6.45, 7) is 0. The summed E-state index contributed by atoms with van der Waals surface area (Å²) >= 11 is 0. The highest BCUT2D eigenvalue weighted by molar-refractivity contribution is 5.83. The number of aliphatic hydroxyl groups excluding tert-OH is 1. The van der Waals surface area contributed by atoms with Crippen LogP contribution in [0, 0.1) is 5.92 Å². The van der Waals surface area contributed by atoms with Gasteiger partial charge < -0.3 is 5.11 Å². The van der Waals surface area contributed by atoms with Crippen molar-refractivity contribution in [2.75, 3.05) is 0 Å². The fourth-order valence-electron chi connectivity index (χ4n) is 3.29. The van der Waals surface area contributed by atoms with Crippen LogP contribution in [-0.4, -0.2) is 5.11 Å². The van der Waals surface area contributed by atoms with Crippen molar-refractivity contribution in [3.8, 4) is 0 Å². The molecule has 3 atom stereocenters. The lowest BCUT2D eigenvalue weighted by atomic mass is 9.98. The van der Waals surface area contributed by atoms with Gasteiger partial charge in [0.15, 0.2) is 0 Å². The van der Waals surface area contributed by atoms with E-state index in [0.717, 1.165) is 12.0 Å². The van der Waals surface area contributed by atoms with E-state index in [-0.39, 0.29) is 6.10 Å². The zero-order chi connectivity index (χ0) is 14.2.